The van der Waals surface area contributed by atoms with E-state index in [0.717, 1.165) is 6.54 Å². The molecule has 2 N–H and O–H groups in total. The molecule has 0 radical (unpaired) electrons. The van der Waals surface area contributed by atoms with Gasteiger partial charge in [0.15, 0.2) is 0 Å². The van der Waals surface area contributed by atoms with E-state index in [1.807, 2.05) is 6.92 Å². The molecule has 1 unspecified atom stereocenters. The first-order chi connectivity index (χ1) is 9.20. The summed E-state index contributed by atoms with van der Waals surface area (Å²) in [5, 5.41) is 6.45. The molecule has 0 aromatic heterocycles. The molecule has 1 aromatic carbocycles. The number of benzene rings is 1. The van der Waals surface area contributed by atoms with Gasteiger partial charge in [0.2, 0.25) is 0 Å². The molecule has 1 atom stereocenters. The fourth-order valence-corrected chi connectivity index (χ4v) is 2.00. The van der Waals surface area contributed by atoms with Gasteiger partial charge < -0.3 is 20.1 Å². The van der Waals surface area contributed by atoms with Crippen molar-refractivity contribution in [1.82, 2.24) is 5.32 Å². The summed E-state index contributed by atoms with van der Waals surface area (Å²) in [6.07, 6.45) is -0.484. The maximum atomic E-state index is 12.1. The summed E-state index contributed by atoms with van der Waals surface area (Å²) in [5.41, 5.74) is 0.563. The van der Waals surface area contributed by atoms with E-state index >= 15 is 0 Å². The summed E-state index contributed by atoms with van der Waals surface area (Å²) in [6, 6.07) is 5.13. The van der Waals surface area contributed by atoms with Crippen LogP contribution in [0.2, 0.25) is 5.02 Å². The molecule has 104 valence electrons. The van der Waals surface area contributed by atoms with E-state index in [-0.39, 0.29) is 5.91 Å². The molecule has 1 saturated heterocycles. The Kier molecular flexibility index (Phi) is 5.01. The number of carbonyl (C=O) groups is 1. The third-order valence-electron chi connectivity index (χ3n) is 2.72. The van der Waals surface area contributed by atoms with Crippen LogP contribution < -0.4 is 15.4 Å². The molecule has 6 heteroatoms. The summed E-state index contributed by atoms with van der Waals surface area (Å²) < 4.78 is 10.8. The van der Waals surface area contributed by atoms with Crippen LogP contribution in [0, 0.1) is 0 Å². The number of ether oxygens (including phenoxy) is 2. The minimum Gasteiger partial charge on any atom is -0.492 e. The molecular weight excluding hydrogens is 268 g/mol. The fourth-order valence-electron chi connectivity index (χ4n) is 1.83. The summed E-state index contributed by atoms with van der Waals surface area (Å²) in [5.74, 6) is 0.402. The third kappa shape index (κ3) is 3.83. The smallest absolute Gasteiger partial charge is 0.254 e. The summed E-state index contributed by atoms with van der Waals surface area (Å²) in [6.45, 7) is 4.22. The predicted molar refractivity (Wildman–Crippen MR) is 73.9 cm³/mol. The molecular formula is C13H17ClN2O3. The average Bonchev–Trinajstić information content (AvgIpc) is 2.43. The topological polar surface area (TPSA) is 59.6 Å². The Labute approximate surface area is 117 Å². The second-order valence-corrected chi connectivity index (χ2v) is 4.56. The standard InChI is InChI=1S/C13H17ClN2O3/c1-2-18-11-4-3-9(14)7-10(11)16-13(17)12-8-15-5-6-19-12/h3-4,7,12,15H,2,5-6,8H2,1H3,(H,16,17). The number of anilines is 1. The molecule has 2 rings (SSSR count). The highest BCUT2D eigenvalue weighted by atomic mass is 35.5. The van der Waals surface area contributed by atoms with E-state index in [4.69, 9.17) is 21.1 Å². The molecule has 1 aromatic rings. The largest absolute Gasteiger partial charge is 0.492 e. The number of halogens is 1. The van der Waals surface area contributed by atoms with Gasteiger partial charge in [0.05, 0.1) is 18.9 Å². The Morgan fingerprint density at radius 3 is 3.16 bits per heavy atom. The molecule has 19 heavy (non-hydrogen) atoms. The van der Waals surface area contributed by atoms with Gasteiger partial charge in [-0.25, -0.2) is 0 Å². The highest BCUT2D eigenvalue weighted by Crippen LogP contribution is 2.28. The van der Waals surface area contributed by atoms with Crippen molar-refractivity contribution in [3.63, 3.8) is 0 Å². The second kappa shape index (κ2) is 6.75. The van der Waals surface area contributed by atoms with Crippen LogP contribution >= 0.6 is 11.6 Å². The highest BCUT2D eigenvalue weighted by molar-refractivity contribution is 6.31. The quantitative estimate of drug-likeness (QED) is 0.883. The first kappa shape index (κ1) is 14.1. The maximum Gasteiger partial charge on any atom is 0.254 e. The van der Waals surface area contributed by atoms with Gasteiger partial charge in [0, 0.05) is 18.1 Å². The number of nitrogens with one attached hydrogen (secondary N) is 2. The number of carbonyl (C=O) groups excluding carboxylic acids is 1. The lowest BCUT2D eigenvalue weighted by atomic mass is 10.2. The Balaban J connectivity index is 2.08. The lowest BCUT2D eigenvalue weighted by molar-refractivity contribution is -0.128. The predicted octanol–water partition coefficient (Wildman–Crippen LogP) is 1.67. The van der Waals surface area contributed by atoms with Crippen molar-refractivity contribution in [2.45, 2.75) is 13.0 Å². The van der Waals surface area contributed by atoms with Crippen LogP contribution in [0.1, 0.15) is 6.92 Å². The first-order valence-electron chi connectivity index (χ1n) is 6.26. The maximum absolute atomic E-state index is 12.1. The van der Waals surface area contributed by atoms with Crippen molar-refractivity contribution in [3.05, 3.63) is 23.2 Å². The monoisotopic (exact) mass is 284 g/mol. The molecule has 1 aliphatic rings. The molecule has 1 aliphatic heterocycles. The molecule has 5 nitrogen and oxygen atoms in total. The fraction of sp³-hybridized carbons (Fsp3) is 0.462. The molecule has 0 aliphatic carbocycles. The minimum absolute atomic E-state index is 0.199. The number of hydrogen-bond donors (Lipinski definition) is 2. The van der Waals surface area contributed by atoms with E-state index < -0.39 is 6.10 Å². The number of rotatable bonds is 4. The van der Waals surface area contributed by atoms with Gasteiger partial charge >= 0.3 is 0 Å². The van der Waals surface area contributed by atoms with Gasteiger partial charge in [-0.1, -0.05) is 11.6 Å². The summed E-state index contributed by atoms with van der Waals surface area (Å²) in [4.78, 5) is 12.1. The van der Waals surface area contributed by atoms with Crippen molar-refractivity contribution in [1.29, 1.82) is 0 Å². The number of morpholine rings is 1. The molecule has 0 spiro atoms. The molecule has 1 heterocycles. The van der Waals surface area contributed by atoms with E-state index in [1.165, 1.54) is 0 Å². The van der Waals surface area contributed by atoms with Gasteiger partial charge in [-0.05, 0) is 25.1 Å². The molecule has 1 amide bonds. The molecule has 1 fully saturated rings. The minimum atomic E-state index is -0.484. The first-order valence-corrected chi connectivity index (χ1v) is 6.64. The van der Waals surface area contributed by atoms with Crippen molar-refractivity contribution >= 4 is 23.2 Å². The lowest BCUT2D eigenvalue weighted by Crippen LogP contribution is -2.45. The highest BCUT2D eigenvalue weighted by Gasteiger charge is 2.22. The molecule has 0 bridgehead atoms. The van der Waals surface area contributed by atoms with Crippen molar-refractivity contribution in [3.8, 4) is 5.75 Å². The van der Waals surface area contributed by atoms with Crippen LogP contribution in [0.5, 0.6) is 5.75 Å². The van der Waals surface area contributed by atoms with Crippen LogP contribution in [-0.2, 0) is 9.53 Å². The van der Waals surface area contributed by atoms with Gasteiger partial charge in [0.1, 0.15) is 11.9 Å². The SMILES string of the molecule is CCOc1ccc(Cl)cc1NC(=O)C1CNCCO1. The van der Waals surface area contributed by atoms with Crippen LogP contribution in [0.25, 0.3) is 0 Å². The number of amides is 1. The lowest BCUT2D eigenvalue weighted by Gasteiger charge is -2.23. The van der Waals surface area contributed by atoms with Gasteiger partial charge in [-0.2, -0.15) is 0 Å². The second-order valence-electron chi connectivity index (χ2n) is 4.13. The Bertz CT molecular complexity index is 448. The van der Waals surface area contributed by atoms with Crippen LogP contribution in [0.4, 0.5) is 5.69 Å². The van der Waals surface area contributed by atoms with Gasteiger partial charge in [0.25, 0.3) is 5.91 Å². The zero-order chi connectivity index (χ0) is 13.7. The third-order valence-corrected chi connectivity index (χ3v) is 2.95. The summed E-state index contributed by atoms with van der Waals surface area (Å²) >= 11 is 5.94. The molecule has 0 saturated carbocycles. The van der Waals surface area contributed by atoms with Crippen LogP contribution in [0.3, 0.4) is 0 Å². The van der Waals surface area contributed by atoms with Crippen molar-refractivity contribution in [2.24, 2.45) is 0 Å². The Hall–Kier alpha value is -1.30. The zero-order valence-electron chi connectivity index (χ0n) is 10.7. The van der Waals surface area contributed by atoms with E-state index in [9.17, 15) is 4.79 Å². The summed E-state index contributed by atoms with van der Waals surface area (Å²) in [7, 11) is 0. The Morgan fingerprint density at radius 2 is 2.47 bits per heavy atom. The zero-order valence-corrected chi connectivity index (χ0v) is 11.5. The van der Waals surface area contributed by atoms with Crippen LogP contribution in [0.15, 0.2) is 18.2 Å². The van der Waals surface area contributed by atoms with Crippen molar-refractivity contribution < 1.29 is 14.3 Å². The van der Waals surface area contributed by atoms with E-state index in [1.54, 1.807) is 18.2 Å². The van der Waals surface area contributed by atoms with Crippen LogP contribution in [-0.4, -0.2) is 38.3 Å². The Morgan fingerprint density at radius 1 is 1.63 bits per heavy atom. The number of hydrogen-bond acceptors (Lipinski definition) is 4. The normalized spacial score (nSPS) is 18.9. The van der Waals surface area contributed by atoms with Crippen molar-refractivity contribution in [2.75, 3.05) is 31.6 Å². The van der Waals surface area contributed by atoms with E-state index in [2.05, 4.69) is 10.6 Å². The average molecular weight is 285 g/mol. The van der Waals surface area contributed by atoms with E-state index in [0.29, 0.717) is 36.2 Å². The van der Waals surface area contributed by atoms with Gasteiger partial charge in [-0.15, -0.1) is 0 Å². The van der Waals surface area contributed by atoms with Gasteiger partial charge in [-0.3, -0.25) is 4.79 Å².